The Balaban J connectivity index is 0.00000320. The summed E-state index contributed by atoms with van der Waals surface area (Å²) in [6.07, 6.45) is 9.51. The number of unbranched alkanes of at least 4 members (excludes halogenated alkanes) is 6. The second-order valence-electron chi connectivity index (χ2n) is 7.79. The van der Waals surface area contributed by atoms with E-state index in [1.807, 2.05) is 41.3 Å². The van der Waals surface area contributed by atoms with Crippen molar-refractivity contribution in [3.05, 3.63) is 54.1 Å². The van der Waals surface area contributed by atoms with Crippen molar-refractivity contribution in [2.24, 2.45) is 0 Å². The first-order chi connectivity index (χ1) is 14.0. The Hall–Kier alpha value is -0.414. The van der Waals surface area contributed by atoms with Crippen molar-refractivity contribution in [3.63, 3.8) is 0 Å². The van der Waals surface area contributed by atoms with E-state index in [0.717, 1.165) is 24.1 Å². The van der Waals surface area contributed by atoms with Gasteiger partial charge in [0, 0.05) is 6.54 Å². The largest absolute Gasteiger partial charge is 1.00 e. The average Bonchev–Trinajstić information content (AvgIpc) is 3.05. The fourth-order valence-electron chi connectivity index (χ4n) is 4.04. The Labute approximate surface area is 223 Å². The van der Waals surface area contributed by atoms with E-state index in [2.05, 4.69) is 12.2 Å². The minimum absolute atomic E-state index is 0. The third-order valence-corrected chi connectivity index (χ3v) is 6.40. The molecule has 1 N–H and O–H groups in total. The summed E-state index contributed by atoms with van der Waals surface area (Å²) < 4.78 is 35.6. The molecule has 5 nitrogen and oxygen atoms in total. The second kappa shape index (κ2) is 12.6. The molecule has 0 saturated carbocycles. The molecule has 7 heteroatoms. The first kappa shape index (κ1) is 25.8. The molecule has 2 aromatic rings. The molecule has 0 amide bonds. The first-order valence-corrected chi connectivity index (χ1v) is 12.1. The van der Waals surface area contributed by atoms with Gasteiger partial charge >= 0.3 is 51.4 Å². The molecule has 0 fully saturated rings. The second-order valence-corrected chi connectivity index (χ2v) is 9.14. The van der Waals surface area contributed by atoms with Crippen LogP contribution in [0.5, 0.6) is 0 Å². The molecular weight excluding hydrogens is 423 g/mol. The van der Waals surface area contributed by atoms with E-state index in [4.69, 9.17) is 0 Å². The molecule has 1 aliphatic rings. The van der Waals surface area contributed by atoms with Gasteiger partial charge in [-0.1, -0.05) is 81.8 Å². The van der Waals surface area contributed by atoms with Crippen molar-refractivity contribution in [1.82, 2.24) is 0 Å². The molecule has 1 aliphatic heterocycles. The summed E-state index contributed by atoms with van der Waals surface area (Å²) in [6.45, 7) is 2.79. The van der Waals surface area contributed by atoms with Crippen LogP contribution in [0.3, 0.4) is 0 Å². The van der Waals surface area contributed by atoms with Crippen molar-refractivity contribution >= 4 is 21.5 Å². The molecule has 0 aliphatic carbocycles. The van der Waals surface area contributed by atoms with Crippen LogP contribution in [0.15, 0.2) is 53.4 Å². The molecular formula is C23H31KN2O3S. The molecule has 1 atom stereocenters. The predicted octanol–water partition coefficient (Wildman–Crippen LogP) is 2.49. The van der Waals surface area contributed by atoms with Crippen LogP contribution in [-0.4, -0.2) is 19.1 Å². The molecule has 1 unspecified atom stereocenters. The normalized spacial score (nSPS) is 15.4. The molecule has 0 radical (unpaired) electrons. The van der Waals surface area contributed by atoms with Crippen LogP contribution in [0.2, 0.25) is 0 Å². The number of nitrogens with zero attached hydrogens (tertiary/aromatic N) is 1. The molecule has 0 aromatic heterocycles. The first-order valence-electron chi connectivity index (χ1n) is 10.7. The van der Waals surface area contributed by atoms with Gasteiger partial charge in [-0.05, 0) is 30.5 Å². The Bertz CT molecular complexity index is 891. The molecule has 0 bridgehead atoms. The van der Waals surface area contributed by atoms with Gasteiger partial charge in [-0.3, -0.25) is 0 Å². The topological polar surface area (TPSA) is 72.5 Å². The smallest absolute Gasteiger partial charge is 0.744 e. The van der Waals surface area contributed by atoms with Crippen LogP contribution in [0.25, 0.3) is 0 Å². The molecule has 1 heterocycles. The zero-order valence-corrected chi connectivity index (χ0v) is 22.1. The molecule has 158 valence electrons. The maximum absolute atomic E-state index is 11.9. The fraction of sp³-hybridized carbons (Fsp3) is 0.478. The third-order valence-electron chi connectivity index (χ3n) is 5.53. The van der Waals surface area contributed by atoms with E-state index in [9.17, 15) is 13.0 Å². The summed E-state index contributed by atoms with van der Waals surface area (Å²) >= 11 is 0. The number of hydrogen-bond donors (Lipinski definition) is 1. The number of nitrogens with one attached hydrogen (secondary N) is 1. The Kier molecular flexibility index (Phi) is 10.8. The van der Waals surface area contributed by atoms with Gasteiger partial charge in [0.25, 0.3) is 0 Å². The number of fused-ring (bicyclic) bond motifs is 1. The minimum Gasteiger partial charge on any atom is -0.744 e. The van der Waals surface area contributed by atoms with Gasteiger partial charge in [-0.15, -0.1) is 0 Å². The van der Waals surface area contributed by atoms with Gasteiger partial charge in [0.05, 0.1) is 22.4 Å². The zero-order chi connectivity index (χ0) is 20.7. The fourth-order valence-corrected chi connectivity index (χ4v) is 4.75. The maximum atomic E-state index is 11.9. The number of anilines is 2. The van der Waals surface area contributed by atoms with Gasteiger partial charge in [0.2, 0.25) is 0 Å². The van der Waals surface area contributed by atoms with Crippen LogP contribution in [0.4, 0.5) is 11.4 Å². The van der Waals surface area contributed by atoms with Crippen LogP contribution < -0.4 is 61.6 Å². The number of para-hydroxylation sites is 1. The molecule has 0 saturated heterocycles. The summed E-state index contributed by atoms with van der Waals surface area (Å²) in [7, 11) is -4.55. The van der Waals surface area contributed by atoms with Crippen LogP contribution in [0.1, 0.15) is 63.9 Å². The van der Waals surface area contributed by atoms with Gasteiger partial charge < -0.3 is 14.8 Å². The molecule has 0 spiro atoms. The summed E-state index contributed by atoms with van der Waals surface area (Å²) in [5.74, 6) is 0. The monoisotopic (exact) mass is 454 g/mol. The van der Waals surface area contributed by atoms with Crippen molar-refractivity contribution in [2.45, 2.75) is 75.9 Å². The van der Waals surface area contributed by atoms with Crippen LogP contribution in [-0.2, 0) is 16.7 Å². The van der Waals surface area contributed by atoms with Gasteiger partial charge in [-0.2, -0.15) is 0 Å². The minimum atomic E-state index is -4.55. The summed E-state index contributed by atoms with van der Waals surface area (Å²) in [6, 6.07) is 14.9. The summed E-state index contributed by atoms with van der Waals surface area (Å²) in [5, 5.41) is 3.45. The van der Waals surface area contributed by atoms with Crippen molar-refractivity contribution in [1.29, 1.82) is 0 Å². The van der Waals surface area contributed by atoms with Gasteiger partial charge in [0.15, 0.2) is 0 Å². The Morgan fingerprint density at radius 3 is 2.27 bits per heavy atom. The molecule has 30 heavy (non-hydrogen) atoms. The quantitative estimate of drug-likeness (QED) is 0.321. The standard InChI is InChI=1S/C23H32N2O3S.K/c1-2-3-4-5-6-7-11-17-22-24-20-15-12-16-21(29(26,27)28)23(20)25(22)18-19-13-9-8-10-14-19;/h8-10,12-16,22,24H,2-7,11,17-18H2,1H3,(H,26,27,28);/q;+1/p-1. The van der Waals surface area contributed by atoms with E-state index in [-0.39, 0.29) is 62.4 Å². The zero-order valence-electron chi connectivity index (χ0n) is 18.1. The van der Waals surface area contributed by atoms with Crippen molar-refractivity contribution < 1.29 is 64.4 Å². The van der Waals surface area contributed by atoms with E-state index in [0.29, 0.717) is 12.2 Å². The van der Waals surface area contributed by atoms with E-state index < -0.39 is 10.1 Å². The maximum Gasteiger partial charge on any atom is 1.00 e. The number of hydrogen-bond acceptors (Lipinski definition) is 5. The predicted molar refractivity (Wildman–Crippen MR) is 117 cm³/mol. The van der Waals surface area contributed by atoms with Crippen LogP contribution >= 0.6 is 0 Å². The van der Waals surface area contributed by atoms with Gasteiger partial charge in [0.1, 0.15) is 10.1 Å². The summed E-state index contributed by atoms with van der Waals surface area (Å²) in [5.41, 5.74) is 2.33. The van der Waals surface area contributed by atoms with E-state index in [1.165, 1.54) is 44.6 Å². The average molecular weight is 455 g/mol. The Morgan fingerprint density at radius 1 is 0.933 bits per heavy atom. The molecule has 2 aromatic carbocycles. The number of benzene rings is 2. The molecule has 3 rings (SSSR count). The van der Waals surface area contributed by atoms with E-state index in [1.54, 1.807) is 6.07 Å². The van der Waals surface area contributed by atoms with Crippen LogP contribution in [0, 0.1) is 0 Å². The Morgan fingerprint density at radius 2 is 1.60 bits per heavy atom. The van der Waals surface area contributed by atoms with Gasteiger partial charge in [-0.25, -0.2) is 8.42 Å². The van der Waals surface area contributed by atoms with Crippen molar-refractivity contribution in [2.75, 3.05) is 10.2 Å². The van der Waals surface area contributed by atoms with E-state index >= 15 is 0 Å². The van der Waals surface area contributed by atoms with Crippen molar-refractivity contribution in [3.8, 4) is 0 Å². The summed E-state index contributed by atoms with van der Waals surface area (Å²) in [4.78, 5) is 1.91. The SMILES string of the molecule is CCCCCCCCCC1Nc2cccc(S(=O)(=O)[O-])c2N1Cc1ccccc1.[K+]. The number of rotatable bonds is 11. The third kappa shape index (κ3) is 7.05.